The van der Waals surface area contributed by atoms with Crippen molar-refractivity contribution in [3.8, 4) is 0 Å². The number of carbonyl (C=O) groups is 1. The van der Waals surface area contributed by atoms with Gasteiger partial charge in [-0.1, -0.05) is 23.8 Å². The lowest BCUT2D eigenvalue weighted by molar-refractivity contribution is 0.0808. The first-order valence-electron chi connectivity index (χ1n) is 4.73. The van der Waals surface area contributed by atoms with Crippen molar-refractivity contribution in [1.29, 1.82) is 0 Å². The Balaban J connectivity index is 2.50. The summed E-state index contributed by atoms with van der Waals surface area (Å²) in [6, 6.07) is 1.75. The summed E-state index contributed by atoms with van der Waals surface area (Å²) in [5, 5.41) is 0.429. The molecule has 0 radical (unpaired) electrons. The SMILES string of the molecule is CN1C/C=C\Cc2cc(Cl)ncc2C1=O. The van der Waals surface area contributed by atoms with Gasteiger partial charge in [-0.2, -0.15) is 0 Å². The molecule has 0 aliphatic carbocycles. The van der Waals surface area contributed by atoms with Gasteiger partial charge in [-0.3, -0.25) is 4.79 Å². The predicted octanol–water partition coefficient (Wildman–Crippen LogP) is 1.92. The highest BCUT2D eigenvalue weighted by molar-refractivity contribution is 6.29. The van der Waals surface area contributed by atoms with Crippen molar-refractivity contribution in [2.45, 2.75) is 6.42 Å². The maximum atomic E-state index is 11.9. The smallest absolute Gasteiger partial charge is 0.255 e. The second-order valence-corrected chi connectivity index (χ2v) is 3.91. The van der Waals surface area contributed by atoms with Gasteiger partial charge in [-0.25, -0.2) is 4.98 Å². The lowest BCUT2D eigenvalue weighted by atomic mass is 10.0. The topological polar surface area (TPSA) is 33.2 Å². The fourth-order valence-electron chi connectivity index (χ4n) is 1.56. The molecule has 15 heavy (non-hydrogen) atoms. The Morgan fingerprint density at radius 3 is 3.07 bits per heavy atom. The number of pyridine rings is 1. The van der Waals surface area contributed by atoms with Crippen LogP contribution in [0.3, 0.4) is 0 Å². The molecule has 78 valence electrons. The van der Waals surface area contributed by atoms with Gasteiger partial charge in [0.1, 0.15) is 5.15 Å². The standard InChI is InChI=1S/C11H11ClN2O/c1-14-5-3-2-4-8-6-10(12)13-7-9(8)11(14)15/h2-3,6-7H,4-5H2,1H3/b3-2-. The van der Waals surface area contributed by atoms with Crippen LogP contribution in [-0.4, -0.2) is 29.4 Å². The summed E-state index contributed by atoms with van der Waals surface area (Å²) in [4.78, 5) is 17.5. The average molecular weight is 223 g/mol. The van der Waals surface area contributed by atoms with Crippen LogP contribution in [0.4, 0.5) is 0 Å². The van der Waals surface area contributed by atoms with Gasteiger partial charge in [0, 0.05) is 19.8 Å². The fraction of sp³-hybridized carbons (Fsp3) is 0.273. The number of hydrogen-bond donors (Lipinski definition) is 0. The third-order valence-corrected chi connectivity index (χ3v) is 2.62. The molecule has 2 heterocycles. The Labute approximate surface area is 93.4 Å². The van der Waals surface area contributed by atoms with Crippen LogP contribution in [0, 0.1) is 0 Å². The summed E-state index contributed by atoms with van der Waals surface area (Å²) in [6.45, 7) is 0.640. The number of fused-ring (bicyclic) bond motifs is 1. The second kappa shape index (κ2) is 4.03. The first-order chi connectivity index (χ1) is 7.18. The van der Waals surface area contributed by atoms with E-state index in [1.807, 2.05) is 12.2 Å². The number of aromatic nitrogens is 1. The summed E-state index contributed by atoms with van der Waals surface area (Å²) in [7, 11) is 1.77. The van der Waals surface area contributed by atoms with Gasteiger partial charge in [0.15, 0.2) is 0 Å². The van der Waals surface area contributed by atoms with Crippen molar-refractivity contribution >= 4 is 17.5 Å². The molecule has 0 saturated heterocycles. The minimum Gasteiger partial charge on any atom is -0.338 e. The Hall–Kier alpha value is -1.35. The highest BCUT2D eigenvalue weighted by Gasteiger charge is 2.16. The molecular formula is C11H11ClN2O. The van der Waals surface area contributed by atoms with Crippen LogP contribution >= 0.6 is 11.6 Å². The molecule has 1 amide bonds. The number of nitrogens with zero attached hydrogens (tertiary/aromatic N) is 2. The summed E-state index contributed by atoms with van der Waals surface area (Å²) in [6.07, 6.45) is 6.31. The lowest BCUT2D eigenvalue weighted by Crippen LogP contribution is -2.28. The first kappa shape index (κ1) is 10.2. The highest BCUT2D eigenvalue weighted by atomic mass is 35.5. The number of halogens is 1. The van der Waals surface area contributed by atoms with Gasteiger partial charge in [0.2, 0.25) is 0 Å². The van der Waals surface area contributed by atoms with Crippen LogP contribution in [0.5, 0.6) is 0 Å². The Kier molecular flexibility index (Phi) is 2.73. The van der Waals surface area contributed by atoms with E-state index in [1.165, 1.54) is 0 Å². The molecule has 0 spiro atoms. The molecule has 0 fully saturated rings. The minimum absolute atomic E-state index is 0.00137. The molecule has 3 nitrogen and oxygen atoms in total. The van der Waals surface area contributed by atoms with Crippen LogP contribution < -0.4 is 0 Å². The van der Waals surface area contributed by atoms with E-state index in [2.05, 4.69) is 4.98 Å². The minimum atomic E-state index is -0.00137. The summed E-state index contributed by atoms with van der Waals surface area (Å²) in [5.74, 6) is -0.00137. The largest absolute Gasteiger partial charge is 0.338 e. The van der Waals surface area contributed by atoms with Crippen molar-refractivity contribution in [3.63, 3.8) is 0 Å². The average Bonchev–Trinajstić information content (AvgIpc) is 2.22. The molecule has 0 aromatic carbocycles. The third-order valence-electron chi connectivity index (χ3n) is 2.42. The zero-order valence-electron chi connectivity index (χ0n) is 8.40. The zero-order chi connectivity index (χ0) is 10.8. The van der Waals surface area contributed by atoms with Crippen molar-refractivity contribution in [1.82, 2.24) is 9.88 Å². The molecule has 1 aromatic heterocycles. The Bertz CT molecular complexity index is 429. The number of rotatable bonds is 0. The van der Waals surface area contributed by atoms with Gasteiger partial charge >= 0.3 is 0 Å². The molecular weight excluding hydrogens is 212 g/mol. The van der Waals surface area contributed by atoms with E-state index in [1.54, 1.807) is 24.2 Å². The number of carbonyl (C=O) groups excluding carboxylic acids is 1. The number of allylic oxidation sites excluding steroid dienone is 1. The monoisotopic (exact) mass is 222 g/mol. The molecule has 2 rings (SSSR count). The van der Waals surface area contributed by atoms with Gasteiger partial charge in [-0.05, 0) is 18.1 Å². The molecule has 0 bridgehead atoms. The van der Waals surface area contributed by atoms with E-state index >= 15 is 0 Å². The summed E-state index contributed by atoms with van der Waals surface area (Å²) in [5.41, 5.74) is 1.58. The van der Waals surface area contributed by atoms with Gasteiger partial charge in [0.05, 0.1) is 5.56 Å². The molecule has 1 aliphatic heterocycles. The van der Waals surface area contributed by atoms with Crippen molar-refractivity contribution in [3.05, 3.63) is 40.7 Å². The van der Waals surface area contributed by atoms with Crippen LogP contribution in [0.2, 0.25) is 5.15 Å². The first-order valence-corrected chi connectivity index (χ1v) is 5.11. The third kappa shape index (κ3) is 2.02. The summed E-state index contributed by atoms with van der Waals surface area (Å²) >= 11 is 5.79. The van der Waals surface area contributed by atoms with Gasteiger partial charge < -0.3 is 4.90 Å². The van der Waals surface area contributed by atoms with Crippen LogP contribution in [0.1, 0.15) is 15.9 Å². The van der Waals surface area contributed by atoms with E-state index in [0.717, 1.165) is 12.0 Å². The van der Waals surface area contributed by atoms with Crippen molar-refractivity contribution in [2.24, 2.45) is 0 Å². The van der Waals surface area contributed by atoms with E-state index in [4.69, 9.17) is 11.6 Å². The lowest BCUT2D eigenvalue weighted by Gasteiger charge is -2.18. The molecule has 1 aromatic rings. The number of amides is 1. The van der Waals surface area contributed by atoms with E-state index in [9.17, 15) is 4.79 Å². The molecule has 0 N–H and O–H groups in total. The number of hydrogen-bond acceptors (Lipinski definition) is 2. The fourth-order valence-corrected chi connectivity index (χ4v) is 1.74. The van der Waals surface area contributed by atoms with Gasteiger partial charge in [0.25, 0.3) is 5.91 Å². The number of likely N-dealkylation sites (N-methyl/N-ethyl adjacent to an activating group) is 1. The van der Waals surface area contributed by atoms with E-state index in [0.29, 0.717) is 17.3 Å². The Morgan fingerprint density at radius 1 is 1.47 bits per heavy atom. The van der Waals surface area contributed by atoms with Crippen LogP contribution in [0.15, 0.2) is 24.4 Å². The summed E-state index contributed by atoms with van der Waals surface area (Å²) < 4.78 is 0. The van der Waals surface area contributed by atoms with Crippen molar-refractivity contribution < 1.29 is 4.79 Å². The predicted molar refractivity (Wildman–Crippen MR) is 59.1 cm³/mol. The molecule has 4 heteroatoms. The Morgan fingerprint density at radius 2 is 2.27 bits per heavy atom. The van der Waals surface area contributed by atoms with Crippen LogP contribution in [0.25, 0.3) is 0 Å². The van der Waals surface area contributed by atoms with Crippen LogP contribution in [-0.2, 0) is 6.42 Å². The van der Waals surface area contributed by atoms with Crippen molar-refractivity contribution in [2.75, 3.05) is 13.6 Å². The quantitative estimate of drug-likeness (QED) is 0.496. The maximum absolute atomic E-state index is 11.9. The highest BCUT2D eigenvalue weighted by Crippen LogP contribution is 2.17. The molecule has 0 saturated carbocycles. The van der Waals surface area contributed by atoms with Gasteiger partial charge in [-0.15, -0.1) is 0 Å². The zero-order valence-corrected chi connectivity index (χ0v) is 9.16. The van der Waals surface area contributed by atoms with E-state index < -0.39 is 0 Å². The molecule has 0 atom stereocenters. The van der Waals surface area contributed by atoms with E-state index in [-0.39, 0.29) is 5.91 Å². The normalized spacial score (nSPS) is 18.0. The molecule has 1 aliphatic rings. The maximum Gasteiger partial charge on any atom is 0.255 e. The second-order valence-electron chi connectivity index (χ2n) is 3.53. The molecule has 0 unspecified atom stereocenters.